The molecule has 0 amide bonds. The topological polar surface area (TPSA) is 134 Å². The van der Waals surface area contributed by atoms with Crippen molar-refractivity contribution >= 4 is 44.3 Å². The number of nitrogens with zero attached hydrogens (tertiary/aromatic N) is 4. The van der Waals surface area contributed by atoms with Crippen LogP contribution in [-0.4, -0.2) is 50.9 Å². The van der Waals surface area contributed by atoms with Crippen molar-refractivity contribution in [2.75, 3.05) is 21.1 Å². The molecule has 3 aromatic rings. The molecule has 11 heteroatoms. The molecule has 0 unspecified atom stereocenters. The van der Waals surface area contributed by atoms with Gasteiger partial charge in [-0.3, -0.25) is 4.72 Å². The van der Waals surface area contributed by atoms with E-state index in [4.69, 9.17) is 4.98 Å². The molecule has 10 nitrogen and oxygen atoms in total. The monoisotopic (exact) mass is 487 g/mol. The van der Waals surface area contributed by atoms with Crippen molar-refractivity contribution in [2.24, 2.45) is 0 Å². The summed E-state index contributed by atoms with van der Waals surface area (Å²) in [6.07, 6.45) is 6.26. The second-order valence-corrected chi connectivity index (χ2v) is 10.6. The molecule has 1 saturated carbocycles. The van der Waals surface area contributed by atoms with Crippen LogP contribution in [0.3, 0.4) is 0 Å². The lowest BCUT2D eigenvalue weighted by atomic mass is 9.93. The summed E-state index contributed by atoms with van der Waals surface area (Å²) in [6.45, 7) is 4.73. The van der Waals surface area contributed by atoms with E-state index >= 15 is 0 Å². The Hall–Kier alpha value is -2.92. The highest BCUT2D eigenvalue weighted by molar-refractivity contribution is 7.92. The summed E-state index contributed by atoms with van der Waals surface area (Å²) in [5.74, 6) is 1.21. The first kappa shape index (κ1) is 24.2. The standard InChI is InChI=1S/C23H33N7O3S/c1-3-5-14-34(32,33)29-18-8-6-16(7-9-18)25-21-20-22(30(4-2)15-24-20)28-23(27-21)26-17-10-12-19(31)13-11-17/h6-9,15,17,19,29,31H,3-5,10-14H2,1-2H3,(H2,25,26,27,28). The molecule has 4 N–H and O–H groups in total. The highest BCUT2D eigenvalue weighted by Crippen LogP contribution is 2.27. The van der Waals surface area contributed by atoms with E-state index in [-0.39, 0.29) is 17.9 Å². The van der Waals surface area contributed by atoms with E-state index in [1.54, 1.807) is 30.6 Å². The molecule has 184 valence electrons. The molecule has 4 rings (SSSR count). The van der Waals surface area contributed by atoms with E-state index in [0.717, 1.165) is 50.0 Å². The predicted molar refractivity (Wildman–Crippen MR) is 135 cm³/mol. The summed E-state index contributed by atoms with van der Waals surface area (Å²) in [6, 6.07) is 7.27. The molecule has 2 heterocycles. The van der Waals surface area contributed by atoms with E-state index in [1.165, 1.54) is 0 Å². The van der Waals surface area contributed by atoms with Gasteiger partial charge in [-0.1, -0.05) is 13.3 Å². The molecule has 0 atom stereocenters. The average Bonchev–Trinajstić information content (AvgIpc) is 3.24. The number of nitrogens with one attached hydrogen (secondary N) is 3. The van der Waals surface area contributed by atoms with Gasteiger partial charge in [0.05, 0.1) is 18.2 Å². The van der Waals surface area contributed by atoms with Crippen LogP contribution in [0.1, 0.15) is 52.4 Å². The largest absolute Gasteiger partial charge is 0.393 e. The van der Waals surface area contributed by atoms with Crippen LogP contribution in [-0.2, 0) is 16.6 Å². The zero-order chi connectivity index (χ0) is 24.1. The smallest absolute Gasteiger partial charge is 0.232 e. The van der Waals surface area contributed by atoms with Crippen LogP contribution in [0.2, 0.25) is 0 Å². The van der Waals surface area contributed by atoms with Crippen LogP contribution >= 0.6 is 0 Å². The maximum Gasteiger partial charge on any atom is 0.232 e. The van der Waals surface area contributed by atoms with Gasteiger partial charge >= 0.3 is 0 Å². The number of aryl methyl sites for hydroxylation is 1. The quantitative estimate of drug-likeness (QED) is 0.339. The fourth-order valence-corrected chi connectivity index (χ4v) is 5.32. The number of hydrogen-bond donors (Lipinski definition) is 4. The predicted octanol–water partition coefficient (Wildman–Crippen LogP) is 3.85. The van der Waals surface area contributed by atoms with Gasteiger partial charge in [0.25, 0.3) is 0 Å². The molecule has 1 aliphatic rings. The molecule has 0 aliphatic heterocycles. The number of aliphatic hydroxyl groups is 1. The number of rotatable bonds is 10. The number of imidazole rings is 1. The van der Waals surface area contributed by atoms with Gasteiger partial charge in [-0.25, -0.2) is 13.4 Å². The van der Waals surface area contributed by atoms with Crippen molar-refractivity contribution in [3.8, 4) is 0 Å². The number of aromatic nitrogens is 4. The lowest BCUT2D eigenvalue weighted by Crippen LogP contribution is -2.29. The van der Waals surface area contributed by atoms with Crippen molar-refractivity contribution in [3.63, 3.8) is 0 Å². The normalized spacial score (nSPS) is 18.7. The molecule has 0 spiro atoms. The summed E-state index contributed by atoms with van der Waals surface area (Å²) >= 11 is 0. The third-order valence-electron chi connectivity index (χ3n) is 6.02. The fraction of sp³-hybridized carbons (Fsp3) is 0.522. The molecule has 1 aliphatic carbocycles. The van der Waals surface area contributed by atoms with Crippen molar-refractivity contribution in [1.82, 2.24) is 19.5 Å². The van der Waals surface area contributed by atoms with Gasteiger partial charge in [-0.05, 0) is 63.3 Å². The molecule has 1 fully saturated rings. The van der Waals surface area contributed by atoms with Crippen LogP contribution in [0.15, 0.2) is 30.6 Å². The highest BCUT2D eigenvalue weighted by Gasteiger charge is 2.21. The maximum absolute atomic E-state index is 12.2. The van der Waals surface area contributed by atoms with Gasteiger partial charge in [0.2, 0.25) is 16.0 Å². The lowest BCUT2D eigenvalue weighted by Gasteiger charge is -2.26. The summed E-state index contributed by atoms with van der Waals surface area (Å²) in [4.78, 5) is 13.9. The molecule has 0 radical (unpaired) electrons. The minimum Gasteiger partial charge on any atom is -0.393 e. The Morgan fingerprint density at radius 3 is 2.44 bits per heavy atom. The van der Waals surface area contributed by atoms with Crippen molar-refractivity contribution < 1.29 is 13.5 Å². The van der Waals surface area contributed by atoms with Crippen LogP contribution in [0, 0.1) is 0 Å². The number of hydrogen-bond acceptors (Lipinski definition) is 8. The first-order valence-electron chi connectivity index (χ1n) is 11.9. The van der Waals surface area contributed by atoms with Gasteiger partial charge < -0.3 is 20.3 Å². The van der Waals surface area contributed by atoms with E-state index in [2.05, 4.69) is 25.3 Å². The zero-order valence-electron chi connectivity index (χ0n) is 19.7. The molecular formula is C23H33N7O3S. The van der Waals surface area contributed by atoms with Crippen molar-refractivity contribution in [1.29, 1.82) is 0 Å². The second kappa shape index (κ2) is 10.6. The number of aliphatic hydroxyl groups excluding tert-OH is 1. The van der Waals surface area contributed by atoms with Crippen molar-refractivity contribution in [2.45, 2.75) is 71.1 Å². The highest BCUT2D eigenvalue weighted by atomic mass is 32.2. The summed E-state index contributed by atoms with van der Waals surface area (Å²) in [5, 5.41) is 16.5. The molecule has 1 aromatic carbocycles. The molecule has 0 saturated heterocycles. The van der Waals surface area contributed by atoms with Crippen LogP contribution in [0.25, 0.3) is 11.2 Å². The van der Waals surface area contributed by atoms with Gasteiger partial charge in [0, 0.05) is 24.0 Å². The molecule has 0 bridgehead atoms. The van der Waals surface area contributed by atoms with Gasteiger partial charge in [0.1, 0.15) is 0 Å². The van der Waals surface area contributed by atoms with Crippen LogP contribution < -0.4 is 15.4 Å². The Morgan fingerprint density at radius 1 is 1.06 bits per heavy atom. The SMILES string of the molecule is CCCCS(=O)(=O)Nc1ccc(Nc2nc(NC3CCC(O)CC3)nc3c2ncn3CC)cc1. The average molecular weight is 488 g/mol. The number of sulfonamides is 1. The summed E-state index contributed by atoms with van der Waals surface area (Å²) in [7, 11) is -3.35. The Balaban J connectivity index is 1.54. The fourth-order valence-electron chi connectivity index (χ4n) is 4.05. The van der Waals surface area contributed by atoms with E-state index < -0.39 is 10.0 Å². The Morgan fingerprint density at radius 2 is 1.76 bits per heavy atom. The van der Waals surface area contributed by atoms with Gasteiger partial charge in [0.15, 0.2) is 17.0 Å². The Kier molecular flexibility index (Phi) is 7.52. The summed E-state index contributed by atoms with van der Waals surface area (Å²) in [5.41, 5.74) is 2.68. The molecule has 2 aromatic heterocycles. The van der Waals surface area contributed by atoms with Gasteiger partial charge in [-0.15, -0.1) is 0 Å². The third-order valence-corrected chi connectivity index (χ3v) is 7.39. The lowest BCUT2D eigenvalue weighted by molar-refractivity contribution is 0.126. The minimum absolute atomic E-state index is 0.109. The second-order valence-electron chi connectivity index (χ2n) is 8.73. The third kappa shape index (κ3) is 5.95. The number of anilines is 4. The Bertz CT molecular complexity index is 1200. The van der Waals surface area contributed by atoms with Gasteiger partial charge in [-0.2, -0.15) is 9.97 Å². The Labute approximate surface area is 200 Å². The molecular weight excluding hydrogens is 454 g/mol. The van der Waals surface area contributed by atoms with Crippen molar-refractivity contribution in [3.05, 3.63) is 30.6 Å². The van der Waals surface area contributed by atoms with E-state index in [0.29, 0.717) is 29.4 Å². The first-order chi connectivity index (χ1) is 16.4. The zero-order valence-corrected chi connectivity index (χ0v) is 20.5. The first-order valence-corrected chi connectivity index (χ1v) is 13.6. The number of fused-ring (bicyclic) bond motifs is 1. The molecule has 34 heavy (non-hydrogen) atoms. The summed E-state index contributed by atoms with van der Waals surface area (Å²) < 4.78 is 28.9. The van der Waals surface area contributed by atoms with E-state index in [1.807, 2.05) is 18.4 Å². The number of unbranched alkanes of at least 4 members (excludes halogenated alkanes) is 1. The number of benzene rings is 1. The van der Waals surface area contributed by atoms with E-state index in [9.17, 15) is 13.5 Å². The maximum atomic E-state index is 12.2. The van der Waals surface area contributed by atoms with Crippen LogP contribution in [0.4, 0.5) is 23.1 Å². The van der Waals surface area contributed by atoms with Crippen LogP contribution in [0.5, 0.6) is 0 Å². The minimum atomic E-state index is -3.35.